The Morgan fingerprint density at radius 2 is 2.20 bits per heavy atom. The first-order valence-electron chi connectivity index (χ1n) is 4.80. The number of aromatic nitrogens is 2. The highest BCUT2D eigenvalue weighted by atomic mass is 16.1. The van der Waals surface area contributed by atoms with Crippen LogP contribution in [0.15, 0.2) is 36.1 Å². The van der Waals surface area contributed by atoms with Gasteiger partial charge in [0.1, 0.15) is 0 Å². The first-order chi connectivity index (χ1) is 7.34. The molecule has 0 fully saturated rings. The Kier molecular flexibility index (Phi) is 1.65. The molecule has 2 aliphatic carbocycles. The Morgan fingerprint density at radius 1 is 1.27 bits per heavy atom. The van der Waals surface area contributed by atoms with Gasteiger partial charge in [-0.3, -0.25) is 4.79 Å². The number of hydrogen-bond donors (Lipinski definition) is 0. The second-order valence-electron chi connectivity index (χ2n) is 3.56. The smallest absolute Gasteiger partial charge is 0.160 e. The number of ketones is 1. The molecule has 3 nitrogen and oxygen atoms in total. The lowest BCUT2D eigenvalue weighted by Gasteiger charge is -1.94. The summed E-state index contributed by atoms with van der Waals surface area (Å²) >= 11 is 0. The van der Waals surface area contributed by atoms with Crippen LogP contribution in [0.3, 0.4) is 0 Å². The van der Waals surface area contributed by atoms with E-state index in [9.17, 15) is 4.79 Å². The van der Waals surface area contributed by atoms with E-state index in [1.807, 2.05) is 24.3 Å². The van der Waals surface area contributed by atoms with Gasteiger partial charge in [0, 0.05) is 11.6 Å². The molecule has 0 atom stereocenters. The fourth-order valence-corrected chi connectivity index (χ4v) is 1.89. The minimum atomic E-state index is 0.133. The fraction of sp³-hybridized carbons (Fsp3) is 0.0833. The topological polar surface area (TPSA) is 42.9 Å². The number of carbonyl (C=O) groups is 1. The summed E-state index contributed by atoms with van der Waals surface area (Å²) in [5.74, 6) is 0.133. The summed E-state index contributed by atoms with van der Waals surface area (Å²) in [6.07, 6.45) is 9.62. The van der Waals surface area contributed by atoms with Gasteiger partial charge in [-0.25, -0.2) is 0 Å². The van der Waals surface area contributed by atoms with Gasteiger partial charge in [-0.1, -0.05) is 12.2 Å². The standard InChI is InChI=1S/C12H8N2O/c15-9-2-1-3-10-8(6-9)7-12-11(10)4-5-13-14-12/h1,3-7H,2H2. The van der Waals surface area contributed by atoms with Gasteiger partial charge in [0.2, 0.25) is 0 Å². The number of nitrogens with zero attached hydrogens (tertiary/aromatic N) is 2. The number of fused-ring (bicyclic) bond motifs is 2. The largest absolute Gasteiger partial charge is 0.294 e. The van der Waals surface area contributed by atoms with E-state index >= 15 is 0 Å². The van der Waals surface area contributed by atoms with Gasteiger partial charge < -0.3 is 0 Å². The average molecular weight is 196 g/mol. The summed E-state index contributed by atoms with van der Waals surface area (Å²) in [5.41, 5.74) is 2.02. The summed E-state index contributed by atoms with van der Waals surface area (Å²) in [4.78, 5) is 11.4. The lowest BCUT2D eigenvalue weighted by Crippen LogP contribution is -2.26. The lowest BCUT2D eigenvalue weighted by molar-refractivity contribution is -0.113. The van der Waals surface area contributed by atoms with Gasteiger partial charge in [0.15, 0.2) is 5.78 Å². The van der Waals surface area contributed by atoms with Crippen molar-refractivity contribution in [2.24, 2.45) is 0 Å². The van der Waals surface area contributed by atoms with Gasteiger partial charge in [0.25, 0.3) is 0 Å². The summed E-state index contributed by atoms with van der Waals surface area (Å²) < 4.78 is 0. The molecule has 72 valence electrons. The van der Waals surface area contributed by atoms with E-state index in [0.717, 1.165) is 21.7 Å². The average Bonchev–Trinajstić information content (AvgIpc) is 2.46. The van der Waals surface area contributed by atoms with E-state index < -0.39 is 0 Å². The van der Waals surface area contributed by atoms with Crippen LogP contribution in [-0.4, -0.2) is 16.0 Å². The van der Waals surface area contributed by atoms with Crippen molar-refractivity contribution >= 4 is 17.4 Å². The van der Waals surface area contributed by atoms with E-state index in [4.69, 9.17) is 0 Å². The zero-order valence-electron chi connectivity index (χ0n) is 7.97. The summed E-state index contributed by atoms with van der Waals surface area (Å²) in [5, 5.41) is 9.76. The number of carbonyl (C=O) groups excluding carboxylic acids is 1. The predicted molar refractivity (Wildman–Crippen MR) is 56.0 cm³/mol. The van der Waals surface area contributed by atoms with Gasteiger partial charge in [-0.15, -0.1) is 0 Å². The first kappa shape index (κ1) is 8.29. The Morgan fingerprint density at radius 3 is 3.13 bits per heavy atom. The SMILES string of the molecule is O=C1C=C2C=c3nnccc3=C2C=CC1. The minimum absolute atomic E-state index is 0.133. The van der Waals surface area contributed by atoms with Crippen molar-refractivity contribution in [1.82, 2.24) is 10.2 Å². The molecule has 15 heavy (non-hydrogen) atoms. The van der Waals surface area contributed by atoms with Gasteiger partial charge in [-0.2, -0.15) is 10.2 Å². The van der Waals surface area contributed by atoms with Crippen LogP contribution in [0.1, 0.15) is 6.42 Å². The third-order valence-corrected chi connectivity index (χ3v) is 2.56. The molecular formula is C12H8N2O. The summed E-state index contributed by atoms with van der Waals surface area (Å²) in [7, 11) is 0. The predicted octanol–water partition coefficient (Wildman–Crippen LogP) is -0.123. The normalized spacial score (nSPS) is 17.7. The first-order valence-corrected chi connectivity index (χ1v) is 4.80. The zero-order chi connectivity index (χ0) is 10.3. The van der Waals surface area contributed by atoms with Crippen LogP contribution < -0.4 is 10.6 Å². The van der Waals surface area contributed by atoms with Crippen molar-refractivity contribution in [2.45, 2.75) is 6.42 Å². The van der Waals surface area contributed by atoms with Crippen LogP contribution in [0, 0.1) is 0 Å². The quantitative estimate of drug-likeness (QED) is 0.581. The Hall–Kier alpha value is -2.03. The molecule has 0 bridgehead atoms. The Bertz CT molecular complexity index is 623. The molecule has 3 heteroatoms. The maximum atomic E-state index is 11.4. The minimum Gasteiger partial charge on any atom is -0.294 e. The van der Waals surface area contributed by atoms with Crippen LogP contribution >= 0.6 is 0 Å². The zero-order valence-corrected chi connectivity index (χ0v) is 7.97. The van der Waals surface area contributed by atoms with Gasteiger partial charge in [-0.05, 0) is 29.4 Å². The van der Waals surface area contributed by atoms with E-state index in [1.165, 1.54) is 0 Å². The van der Waals surface area contributed by atoms with Crippen LogP contribution in [0.4, 0.5) is 0 Å². The van der Waals surface area contributed by atoms with Crippen LogP contribution in [0.2, 0.25) is 0 Å². The van der Waals surface area contributed by atoms with Crippen molar-refractivity contribution in [3.05, 3.63) is 46.6 Å². The molecule has 0 saturated carbocycles. The molecule has 0 spiro atoms. The maximum Gasteiger partial charge on any atom is 0.160 e. The number of allylic oxidation sites excluding steroid dienone is 4. The van der Waals surface area contributed by atoms with E-state index in [1.54, 1.807) is 12.3 Å². The molecule has 0 saturated heterocycles. The molecule has 1 aromatic rings. The van der Waals surface area contributed by atoms with Crippen molar-refractivity contribution < 1.29 is 4.79 Å². The van der Waals surface area contributed by atoms with Crippen LogP contribution in [0.5, 0.6) is 0 Å². The lowest BCUT2D eigenvalue weighted by atomic mass is 10.1. The molecule has 3 rings (SSSR count). The molecule has 1 aromatic heterocycles. The monoisotopic (exact) mass is 196 g/mol. The van der Waals surface area contributed by atoms with Crippen molar-refractivity contribution in [3.8, 4) is 0 Å². The Balaban J connectivity index is 2.41. The molecule has 0 aliphatic heterocycles. The highest BCUT2D eigenvalue weighted by Crippen LogP contribution is 2.19. The third kappa shape index (κ3) is 1.24. The molecule has 0 amide bonds. The highest BCUT2D eigenvalue weighted by molar-refractivity contribution is 6.01. The van der Waals surface area contributed by atoms with Crippen molar-refractivity contribution in [1.29, 1.82) is 0 Å². The van der Waals surface area contributed by atoms with E-state index in [-0.39, 0.29) is 5.78 Å². The van der Waals surface area contributed by atoms with Crippen molar-refractivity contribution in [2.75, 3.05) is 0 Å². The number of rotatable bonds is 0. The van der Waals surface area contributed by atoms with Crippen LogP contribution in [-0.2, 0) is 4.79 Å². The fourth-order valence-electron chi connectivity index (χ4n) is 1.89. The van der Waals surface area contributed by atoms with Crippen LogP contribution in [0.25, 0.3) is 11.6 Å². The summed E-state index contributed by atoms with van der Waals surface area (Å²) in [6.45, 7) is 0. The van der Waals surface area contributed by atoms with Crippen molar-refractivity contribution in [3.63, 3.8) is 0 Å². The maximum absolute atomic E-state index is 11.4. The Labute approximate surface area is 86.2 Å². The molecule has 0 radical (unpaired) electrons. The highest BCUT2D eigenvalue weighted by Gasteiger charge is 2.13. The number of hydrogen-bond acceptors (Lipinski definition) is 3. The van der Waals surface area contributed by atoms with Gasteiger partial charge in [0.05, 0.1) is 11.5 Å². The molecule has 2 aliphatic rings. The van der Waals surface area contributed by atoms with E-state index in [2.05, 4.69) is 10.2 Å². The van der Waals surface area contributed by atoms with E-state index in [0.29, 0.717) is 6.42 Å². The molecule has 0 N–H and O–H groups in total. The van der Waals surface area contributed by atoms with Gasteiger partial charge >= 0.3 is 0 Å². The molecular weight excluding hydrogens is 188 g/mol. The summed E-state index contributed by atoms with van der Waals surface area (Å²) in [6, 6.07) is 1.93. The second kappa shape index (κ2) is 2.98. The molecule has 0 unspecified atom stereocenters. The third-order valence-electron chi connectivity index (χ3n) is 2.56. The molecule has 0 aromatic carbocycles. The second-order valence-corrected chi connectivity index (χ2v) is 3.56. The molecule has 1 heterocycles.